The van der Waals surface area contributed by atoms with Gasteiger partial charge in [0.1, 0.15) is 10.8 Å². The zero-order chi connectivity index (χ0) is 20.9. The largest absolute Gasteiger partial charge is 0.497 e. The molecule has 0 saturated heterocycles. The van der Waals surface area contributed by atoms with Gasteiger partial charge in [-0.05, 0) is 42.8 Å². The Morgan fingerprint density at radius 3 is 2.87 bits per heavy atom. The first-order valence-corrected chi connectivity index (χ1v) is 10.4. The molecule has 6 nitrogen and oxygen atoms in total. The fraction of sp³-hybridized carbons (Fsp3) is 0.174. The maximum atomic E-state index is 13.2. The minimum absolute atomic E-state index is 0.0937. The van der Waals surface area contributed by atoms with Gasteiger partial charge in [0.05, 0.1) is 18.4 Å². The summed E-state index contributed by atoms with van der Waals surface area (Å²) in [5.74, 6) is 0.489. The van der Waals surface area contributed by atoms with Crippen LogP contribution < -0.4 is 15.0 Å². The molecule has 0 saturated carbocycles. The van der Waals surface area contributed by atoms with Crippen molar-refractivity contribution in [2.24, 2.45) is 0 Å². The molecule has 0 aliphatic carbocycles. The maximum absolute atomic E-state index is 13.2. The van der Waals surface area contributed by atoms with Crippen LogP contribution in [0.25, 0.3) is 0 Å². The number of carbonyl (C=O) groups excluding carboxylic acids is 2. The quantitative estimate of drug-likeness (QED) is 0.631. The average molecular weight is 420 g/mol. The second kappa shape index (κ2) is 9.00. The lowest BCUT2D eigenvalue weighted by Gasteiger charge is -2.22. The van der Waals surface area contributed by atoms with Crippen LogP contribution in [0.1, 0.15) is 23.2 Å². The van der Waals surface area contributed by atoms with Crippen LogP contribution in [0, 0.1) is 0 Å². The van der Waals surface area contributed by atoms with E-state index in [2.05, 4.69) is 10.3 Å². The first kappa shape index (κ1) is 20.0. The van der Waals surface area contributed by atoms with Gasteiger partial charge in [-0.25, -0.2) is 4.98 Å². The highest BCUT2D eigenvalue weighted by atomic mass is 32.2. The third-order valence-electron chi connectivity index (χ3n) is 4.75. The number of anilines is 2. The van der Waals surface area contributed by atoms with Crippen molar-refractivity contribution in [3.63, 3.8) is 0 Å². The molecule has 4 rings (SSSR count). The summed E-state index contributed by atoms with van der Waals surface area (Å²) in [5, 5.41) is 3.58. The number of aromatic nitrogens is 1. The van der Waals surface area contributed by atoms with Crippen LogP contribution in [-0.2, 0) is 4.79 Å². The maximum Gasteiger partial charge on any atom is 0.261 e. The molecular formula is C23H21N3O3S. The number of para-hydroxylation sites is 1. The predicted octanol–water partition coefficient (Wildman–Crippen LogP) is 4.62. The van der Waals surface area contributed by atoms with E-state index < -0.39 is 0 Å². The van der Waals surface area contributed by atoms with E-state index >= 15 is 0 Å². The van der Waals surface area contributed by atoms with Gasteiger partial charge >= 0.3 is 0 Å². The lowest BCUT2D eigenvalue weighted by atomic mass is 10.2. The summed E-state index contributed by atoms with van der Waals surface area (Å²) >= 11 is 1.49. The van der Waals surface area contributed by atoms with E-state index in [0.717, 1.165) is 10.6 Å². The molecule has 152 valence electrons. The van der Waals surface area contributed by atoms with Crippen molar-refractivity contribution in [1.29, 1.82) is 0 Å². The summed E-state index contributed by atoms with van der Waals surface area (Å²) in [5.41, 5.74) is 2.12. The molecule has 3 aromatic rings. The normalized spacial score (nSPS) is 12.6. The molecule has 7 heteroatoms. The molecule has 0 fully saturated rings. The lowest BCUT2D eigenvalue weighted by molar-refractivity contribution is -0.116. The lowest BCUT2D eigenvalue weighted by Crippen LogP contribution is -2.32. The zero-order valence-electron chi connectivity index (χ0n) is 16.5. The number of carbonyl (C=O) groups is 2. The number of pyridine rings is 1. The predicted molar refractivity (Wildman–Crippen MR) is 117 cm³/mol. The second-order valence-corrected chi connectivity index (χ2v) is 7.80. The molecule has 1 aromatic heterocycles. The van der Waals surface area contributed by atoms with E-state index in [1.54, 1.807) is 36.4 Å². The molecule has 1 N–H and O–H groups in total. The number of fused-ring (bicyclic) bond motifs is 2. The molecule has 0 atom stereocenters. The number of benzene rings is 2. The van der Waals surface area contributed by atoms with Gasteiger partial charge in [-0.1, -0.05) is 30.0 Å². The third-order valence-corrected chi connectivity index (χ3v) is 5.83. The number of hydrogen-bond acceptors (Lipinski definition) is 5. The van der Waals surface area contributed by atoms with Crippen LogP contribution in [0.15, 0.2) is 76.8 Å². The minimum atomic E-state index is -0.102. The Labute approximate surface area is 179 Å². The number of rotatable bonds is 6. The molecular weight excluding hydrogens is 398 g/mol. The van der Waals surface area contributed by atoms with Gasteiger partial charge in [-0.3, -0.25) is 9.59 Å². The molecule has 0 spiro atoms. The van der Waals surface area contributed by atoms with Crippen LogP contribution in [0.4, 0.5) is 11.4 Å². The van der Waals surface area contributed by atoms with Gasteiger partial charge in [-0.2, -0.15) is 0 Å². The third kappa shape index (κ3) is 4.31. The molecule has 30 heavy (non-hydrogen) atoms. The van der Waals surface area contributed by atoms with Crippen LogP contribution in [-0.4, -0.2) is 30.5 Å². The van der Waals surface area contributed by atoms with E-state index in [1.165, 1.54) is 11.8 Å². The highest BCUT2D eigenvalue weighted by Gasteiger charge is 2.27. The van der Waals surface area contributed by atoms with Crippen LogP contribution in [0.3, 0.4) is 0 Å². The zero-order valence-corrected chi connectivity index (χ0v) is 17.3. The van der Waals surface area contributed by atoms with Gasteiger partial charge in [0.25, 0.3) is 5.91 Å². The highest BCUT2D eigenvalue weighted by Crippen LogP contribution is 2.40. The smallest absolute Gasteiger partial charge is 0.261 e. The fourth-order valence-electron chi connectivity index (χ4n) is 3.30. The number of methoxy groups -OCH3 is 1. The molecule has 2 aromatic carbocycles. The highest BCUT2D eigenvalue weighted by molar-refractivity contribution is 7.99. The standard InChI is InChI=1S/C23H21N3O3S/c1-29-17-8-4-7-16(15-17)25-21(27)12-6-14-26-19-10-2-3-11-20(19)30-22-18(23(26)28)9-5-13-24-22/h2-5,7-11,13,15H,6,12,14H2,1H3,(H,25,27). The molecule has 2 heterocycles. The number of hydrogen-bond donors (Lipinski definition) is 1. The van der Waals surface area contributed by atoms with E-state index in [0.29, 0.717) is 41.4 Å². The van der Waals surface area contributed by atoms with Crippen LogP contribution >= 0.6 is 11.8 Å². The summed E-state index contributed by atoms with van der Waals surface area (Å²) < 4.78 is 5.18. The first-order valence-electron chi connectivity index (χ1n) is 9.63. The van der Waals surface area contributed by atoms with Gasteiger partial charge < -0.3 is 15.0 Å². The number of nitrogens with one attached hydrogen (secondary N) is 1. The minimum Gasteiger partial charge on any atom is -0.497 e. The number of ether oxygens (including phenoxy) is 1. The summed E-state index contributed by atoms with van der Waals surface area (Å²) in [6.45, 7) is 0.441. The molecule has 2 amide bonds. The van der Waals surface area contributed by atoms with Crippen LogP contribution in [0.5, 0.6) is 5.75 Å². The summed E-state index contributed by atoms with van der Waals surface area (Å²) in [7, 11) is 1.59. The first-order chi connectivity index (χ1) is 14.7. The molecule has 0 bridgehead atoms. The Hall–Kier alpha value is -3.32. The summed E-state index contributed by atoms with van der Waals surface area (Å²) in [4.78, 5) is 32.7. The van der Waals surface area contributed by atoms with E-state index in [1.807, 2.05) is 42.5 Å². The Kier molecular flexibility index (Phi) is 5.99. The molecule has 0 radical (unpaired) electrons. The van der Waals surface area contributed by atoms with E-state index in [9.17, 15) is 9.59 Å². The van der Waals surface area contributed by atoms with Gasteiger partial charge in [0.2, 0.25) is 5.91 Å². The Balaban J connectivity index is 1.45. The number of nitrogens with zero attached hydrogens (tertiary/aromatic N) is 2. The fourth-order valence-corrected chi connectivity index (χ4v) is 4.32. The monoisotopic (exact) mass is 419 g/mol. The molecule has 0 unspecified atom stereocenters. The van der Waals surface area contributed by atoms with Crippen molar-refractivity contribution >= 4 is 35.0 Å². The Bertz CT molecular complexity index is 1090. The second-order valence-electron chi connectivity index (χ2n) is 6.77. The van der Waals surface area contributed by atoms with Crippen molar-refractivity contribution in [2.45, 2.75) is 22.8 Å². The van der Waals surface area contributed by atoms with Gasteiger partial charge in [0, 0.05) is 35.8 Å². The average Bonchev–Trinajstić information content (AvgIpc) is 2.88. The SMILES string of the molecule is COc1cccc(NC(=O)CCCN2C(=O)c3cccnc3Sc3ccccc32)c1. The summed E-state index contributed by atoms with van der Waals surface area (Å²) in [6, 6.07) is 18.6. The Morgan fingerprint density at radius 2 is 2.00 bits per heavy atom. The number of amides is 2. The van der Waals surface area contributed by atoms with Crippen molar-refractivity contribution in [2.75, 3.05) is 23.9 Å². The van der Waals surface area contributed by atoms with E-state index in [4.69, 9.17) is 4.74 Å². The van der Waals surface area contributed by atoms with Gasteiger partial charge in [-0.15, -0.1) is 0 Å². The van der Waals surface area contributed by atoms with Crippen LogP contribution in [0.2, 0.25) is 0 Å². The Morgan fingerprint density at radius 1 is 1.13 bits per heavy atom. The molecule has 1 aliphatic heterocycles. The van der Waals surface area contributed by atoms with Crippen molar-refractivity contribution in [3.05, 3.63) is 72.4 Å². The van der Waals surface area contributed by atoms with E-state index in [-0.39, 0.29) is 11.8 Å². The molecule has 1 aliphatic rings. The topological polar surface area (TPSA) is 71.5 Å². The van der Waals surface area contributed by atoms with Gasteiger partial charge in [0.15, 0.2) is 0 Å². The van der Waals surface area contributed by atoms with Crippen molar-refractivity contribution < 1.29 is 14.3 Å². The summed E-state index contributed by atoms with van der Waals surface area (Å²) in [6.07, 6.45) is 2.53. The van der Waals surface area contributed by atoms with Crippen molar-refractivity contribution in [1.82, 2.24) is 4.98 Å². The van der Waals surface area contributed by atoms with Crippen molar-refractivity contribution in [3.8, 4) is 5.75 Å².